The molecule has 0 radical (unpaired) electrons. The molecule has 1 amide bonds. The van der Waals surface area contributed by atoms with Crippen molar-refractivity contribution in [1.82, 2.24) is 4.90 Å². The highest BCUT2D eigenvalue weighted by atomic mass is 19.1. The molecule has 2 rings (SSSR count). The Morgan fingerprint density at radius 1 is 1.21 bits per heavy atom. The van der Waals surface area contributed by atoms with Gasteiger partial charge in [-0.05, 0) is 24.3 Å². The van der Waals surface area contributed by atoms with Crippen LogP contribution >= 0.6 is 0 Å². The average molecular weight is 266 g/mol. The maximum absolute atomic E-state index is 12.9. The molecule has 1 saturated heterocycles. The minimum Gasteiger partial charge on any atom is -0.369 e. The molecule has 1 aromatic rings. The number of anilines is 1. The molecule has 0 bridgehead atoms. The van der Waals surface area contributed by atoms with Gasteiger partial charge in [-0.1, -0.05) is 0 Å². The summed E-state index contributed by atoms with van der Waals surface area (Å²) >= 11 is 0. The molecule has 0 aliphatic carbocycles. The average Bonchev–Trinajstić information content (AvgIpc) is 2.40. The summed E-state index contributed by atoms with van der Waals surface area (Å²) in [4.78, 5) is 15.2. The van der Waals surface area contributed by atoms with E-state index in [2.05, 4.69) is 9.80 Å². The van der Waals surface area contributed by atoms with Crippen LogP contribution in [0.3, 0.4) is 0 Å². The van der Waals surface area contributed by atoms with Gasteiger partial charge < -0.3 is 16.4 Å². The van der Waals surface area contributed by atoms with E-state index >= 15 is 0 Å². The Kier molecular flexibility index (Phi) is 4.34. The zero-order valence-corrected chi connectivity index (χ0v) is 10.8. The van der Waals surface area contributed by atoms with Crippen molar-refractivity contribution in [3.05, 3.63) is 30.1 Å². The summed E-state index contributed by atoms with van der Waals surface area (Å²) in [5.74, 6) is -0.698. The summed E-state index contributed by atoms with van der Waals surface area (Å²) in [5, 5.41) is 0. The van der Waals surface area contributed by atoms with Crippen LogP contribution in [0.1, 0.15) is 0 Å². The number of piperazine rings is 1. The van der Waals surface area contributed by atoms with Gasteiger partial charge in [0.1, 0.15) is 5.82 Å². The molecule has 1 aliphatic heterocycles. The number of carbonyl (C=O) groups excluding carboxylic acids is 1. The molecule has 19 heavy (non-hydrogen) atoms. The molecule has 104 valence electrons. The van der Waals surface area contributed by atoms with E-state index in [4.69, 9.17) is 11.5 Å². The van der Waals surface area contributed by atoms with Gasteiger partial charge in [0.25, 0.3) is 0 Å². The van der Waals surface area contributed by atoms with Crippen LogP contribution in [0.15, 0.2) is 24.3 Å². The van der Waals surface area contributed by atoms with E-state index < -0.39 is 11.9 Å². The normalized spacial score (nSPS) is 18.3. The fourth-order valence-electron chi connectivity index (χ4n) is 2.21. The lowest BCUT2D eigenvalue weighted by atomic mass is 10.2. The number of primary amides is 1. The Bertz CT molecular complexity index is 429. The van der Waals surface area contributed by atoms with Gasteiger partial charge in [0.15, 0.2) is 0 Å². The van der Waals surface area contributed by atoms with Crippen molar-refractivity contribution in [3.63, 3.8) is 0 Å². The second-order valence-corrected chi connectivity index (χ2v) is 4.77. The Labute approximate surface area is 112 Å². The van der Waals surface area contributed by atoms with Crippen LogP contribution in [-0.2, 0) is 4.79 Å². The van der Waals surface area contributed by atoms with E-state index in [0.717, 1.165) is 31.9 Å². The Hall–Kier alpha value is -1.66. The quantitative estimate of drug-likeness (QED) is 0.788. The van der Waals surface area contributed by atoms with Gasteiger partial charge in [0.05, 0.1) is 6.04 Å². The summed E-state index contributed by atoms with van der Waals surface area (Å²) in [7, 11) is 0. The predicted octanol–water partition coefficient (Wildman–Crippen LogP) is -0.240. The standard InChI is InChI=1S/C13H19FN4O/c14-10-1-3-11(4-2-10)18-7-5-17(6-8-18)9-12(15)13(16)19/h1-4,12H,5-9,15H2,(H2,16,19). The first kappa shape index (κ1) is 13.8. The SMILES string of the molecule is NC(=O)C(N)CN1CCN(c2ccc(F)cc2)CC1. The molecule has 1 aliphatic rings. The summed E-state index contributed by atoms with van der Waals surface area (Å²) in [6.07, 6.45) is 0. The van der Waals surface area contributed by atoms with Crippen LogP contribution in [0.4, 0.5) is 10.1 Å². The van der Waals surface area contributed by atoms with E-state index in [-0.39, 0.29) is 5.82 Å². The minimum absolute atomic E-state index is 0.227. The molecule has 0 spiro atoms. The first-order chi connectivity index (χ1) is 9.06. The van der Waals surface area contributed by atoms with Crippen LogP contribution in [-0.4, -0.2) is 49.6 Å². The predicted molar refractivity (Wildman–Crippen MR) is 72.2 cm³/mol. The number of hydrogen-bond donors (Lipinski definition) is 2. The van der Waals surface area contributed by atoms with Crippen molar-refractivity contribution < 1.29 is 9.18 Å². The highest BCUT2D eigenvalue weighted by Gasteiger charge is 2.20. The third-order valence-electron chi connectivity index (χ3n) is 3.38. The van der Waals surface area contributed by atoms with Crippen molar-refractivity contribution in [2.24, 2.45) is 11.5 Å². The first-order valence-electron chi connectivity index (χ1n) is 6.34. The number of nitrogens with two attached hydrogens (primary N) is 2. The summed E-state index contributed by atoms with van der Waals surface area (Å²) < 4.78 is 12.9. The first-order valence-corrected chi connectivity index (χ1v) is 6.34. The van der Waals surface area contributed by atoms with Crippen molar-refractivity contribution in [3.8, 4) is 0 Å². The summed E-state index contributed by atoms with van der Waals surface area (Å²) in [5.41, 5.74) is 11.8. The molecule has 1 atom stereocenters. The molecular weight excluding hydrogens is 247 g/mol. The topological polar surface area (TPSA) is 75.6 Å². The fourth-order valence-corrected chi connectivity index (χ4v) is 2.21. The van der Waals surface area contributed by atoms with Gasteiger partial charge in [-0.2, -0.15) is 0 Å². The number of nitrogens with zero attached hydrogens (tertiary/aromatic N) is 2. The second-order valence-electron chi connectivity index (χ2n) is 4.77. The van der Waals surface area contributed by atoms with Gasteiger partial charge in [-0.3, -0.25) is 9.69 Å². The van der Waals surface area contributed by atoms with Crippen molar-refractivity contribution >= 4 is 11.6 Å². The van der Waals surface area contributed by atoms with E-state index in [1.54, 1.807) is 12.1 Å². The maximum Gasteiger partial charge on any atom is 0.235 e. The van der Waals surface area contributed by atoms with Gasteiger partial charge in [-0.25, -0.2) is 4.39 Å². The molecule has 0 saturated carbocycles. The molecule has 6 heteroatoms. The molecular formula is C13H19FN4O. The highest BCUT2D eigenvalue weighted by Crippen LogP contribution is 2.16. The summed E-state index contributed by atoms with van der Waals surface area (Å²) in [6.45, 7) is 3.79. The molecule has 0 aromatic heterocycles. The lowest BCUT2D eigenvalue weighted by Crippen LogP contribution is -2.52. The molecule has 1 aromatic carbocycles. The third-order valence-corrected chi connectivity index (χ3v) is 3.38. The Morgan fingerprint density at radius 3 is 2.32 bits per heavy atom. The van der Waals surface area contributed by atoms with Gasteiger partial charge in [0, 0.05) is 38.4 Å². The van der Waals surface area contributed by atoms with Crippen molar-refractivity contribution in [2.75, 3.05) is 37.6 Å². The van der Waals surface area contributed by atoms with Gasteiger partial charge in [0.2, 0.25) is 5.91 Å². The molecule has 4 N–H and O–H groups in total. The van der Waals surface area contributed by atoms with Gasteiger partial charge >= 0.3 is 0 Å². The number of rotatable bonds is 4. The van der Waals surface area contributed by atoms with E-state index in [1.807, 2.05) is 0 Å². The Morgan fingerprint density at radius 2 is 1.79 bits per heavy atom. The number of halogens is 1. The zero-order chi connectivity index (χ0) is 13.8. The highest BCUT2D eigenvalue weighted by molar-refractivity contribution is 5.79. The number of amides is 1. The minimum atomic E-state index is -0.614. The second kappa shape index (κ2) is 5.99. The zero-order valence-electron chi connectivity index (χ0n) is 10.8. The lowest BCUT2D eigenvalue weighted by Gasteiger charge is -2.36. The summed E-state index contributed by atoms with van der Waals surface area (Å²) in [6, 6.07) is 5.87. The van der Waals surface area contributed by atoms with E-state index in [1.165, 1.54) is 12.1 Å². The number of carbonyl (C=O) groups is 1. The largest absolute Gasteiger partial charge is 0.369 e. The fraction of sp³-hybridized carbons (Fsp3) is 0.462. The number of hydrogen-bond acceptors (Lipinski definition) is 4. The molecule has 1 heterocycles. The van der Waals surface area contributed by atoms with Crippen LogP contribution in [0.2, 0.25) is 0 Å². The van der Waals surface area contributed by atoms with E-state index in [0.29, 0.717) is 6.54 Å². The van der Waals surface area contributed by atoms with Crippen molar-refractivity contribution in [2.45, 2.75) is 6.04 Å². The van der Waals surface area contributed by atoms with Crippen LogP contribution in [0, 0.1) is 5.82 Å². The molecule has 5 nitrogen and oxygen atoms in total. The van der Waals surface area contributed by atoms with Crippen LogP contribution in [0.5, 0.6) is 0 Å². The van der Waals surface area contributed by atoms with Crippen molar-refractivity contribution in [1.29, 1.82) is 0 Å². The maximum atomic E-state index is 12.9. The number of benzene rings is 1. The van der Waals surface area contributed by atoms with E-state index in [9.17, 15) is 9.18 Å². The molecule has 1 unspecified atom stereocenters. The molecule has 1 fully saturated rings. The van der Waals surface area contributed by atoms with Crippen LogP contribution < -0.4 is 16.4 Å². The van der Waals surface area contributed by atoms with Gasteiger partial charge in [-0.15, -0.1) is 0 Å². The smallest absolute Gasteiger partial charge is 0.235 e. The lowest BCUT2D eigenvalue weighted by molar-refractivity contribution is -0.119. The Balaban J connectivity index is 1.85. The third kappa shape index (κ3) is 3.65. The van der Waals surface area contributed by atoms with Crippen LogP contribution in [0.25, 0.3) is 0 Å². The monoisotopic (exact) mass is 266 g/mol.